The SMILES string of the molecule is CCCN1CC[N+]([O-])(CCC[N+]23CCN(CC2)CC3)CC1. The number of hydroxylamine groups is 3. The number of hydrogen-bond acceptors (Lipinski definition) is 3. The summed E-state index contributed by atoms with van der Waals surface area (Å²) in [7, 11) is 0. The maximum absolute atomic E-state index is 12.8. The molecular formula is C16H33N4O+. The van der Waals surface area contributed by atoms with Crippen LogP contribution < -0.4 is 0 Å². The monoisotopic (exact) mass is 297 g/mol. The molecule has 0 atom stereocenters. The van der Waals surface area contributed by atoms with E-state index in [0.717, 1.165) is 45.7 Å². The molecule has 5 nitrogen and oxygen atoms in total. The van der Waals surface area contributed by atoms with Gasteiger partial charge in [-0.2, -0.15) is 0 Å². The molecule has 0 radical (unpaired) electrons. The van der Waals surface area contributed by atoms with E-state index in [-0.39, 0.29) is 4.65 Å². The van der Waals surface area contributed by atoms with E-state index in [9.17, 15) is 5.21 Å². The smallest absolute Gasteiger partial charge is 0.0916 e. The molecule has 0 aromatic heterocycles. The van der Waals surface area contributed by atoms with Gasteiger partial charge in [0.25, 0.3) is 0 Å². The summed E-state index contributed by atoms with van der Waals surface area (Å²) >= 11 is 0. The normalized spacial score (nSPS) is 36.0. The van der Waals surface area contributed by atoms with Crippen molar-refractivity contribution < 1.29 is 9.13 Å². The average Bonchev–Trinajstić information content (AvgIpc) is 2.52. The van der Waals surface area contributed by atoms with Gasteiger partial charge >= 0.3 is 0 Å². The van der Waals surface area contributed by atoms with Gasteiger partial charge in [-0.05, 0) is 13.0 Å². The van der Waals surface area contributed by atoms with Crippen molar-refractivity contribution in [2.45, 2.75) is 19.8 Å². The predicted octanol–water partition coefficient (Wildman–Crippen LogP) is 0.563. The molecule has 4 rings (SSSR count). The summed E-state index contributed by atoms with van der Waals surface area (Å²) in [6.07, 6.45) is 2.33. The lowest BCUT2D eigenvalue weighted by molar-refractivity contribution is -0.946. The van der Waals surface area contributed by atoms with E-state index < -0.39 is 0 Å². The van der Waals surface area contributed by atoms with E-state index in [1.54, 1.807) is 0 Å². The lowest BCUT2D eigenvalue weighted by atomic mass is 10.1. The van der Waals surface area contributed by atoms with Crippen molar-refractivity contribution in [3.05, 3.63) is 5.21 Å². The first-order valence-corrected chi connectivity index (χ1v) is 9.00. The molecule has 0 amide bonds. The highest BCUT2D eigenvalue weighted by Gasteiger charge is 2.38. The van der Waals surface area contributed by atoms with Gasteiger partial charge in [0.1, 0.15) is 0 Å². The second-order valence-electron chi connectivity index (χ2n) is 7.50. The first-order valence-electron chi connectivity index (χ1n) is 9.00. The van der Waals surface area contributed by atoms with Gasteiger partial charge < -0.3 is 14.3 Å². The zero-order valence-corrected chi connectivity index (χ0v) is 13.8. The summed E-state index contributed by atoms with van der Waals surface area (Å²) in [5.74, 6) is 0. The summed E-state index contributed by atoms with van der Waals surface area (Å²) in [5.41, 5.74) is 0. The van der Waals surface area contributed by atoms with Crippen LogP contribution in [0.3, 0.4) is 0 Å². The lowest BCUT2D eigenvalue weighted by Gasteiger charge is -2.52. The second kappa shape index (κ2) is 6.50. The summed E-state index contributed by atoms with van der Waals surface area (Å²) in [6.45, 7) is 16.9. The van der Waals surface area contributed by atoms with Crippen molar-refractivity contribution in [1.29, 1.82) is 0 Å². The molecule has 0 spiro atoms. The van der Waals surface area contributed by atoms with E-state index in [0.29, 0.717) is 0 Å². The minimum absolute atomic E-state index is 0.0757. The van der Waals surface area contributed by atoms with Gasteiger partial charge in [-0.15, -0.1) is 0 Å². The number of nitrogens with zero attached hydrogens (tertiary/aromatic N) is 4. The highest BCUT2D eigenvalue weighted by Crippen LogP contribution is 2.21. The minimum Gasteiger partial charge on any atom is -0.633 e. The Balaban J connectivity index is 1.41. The molecule has 0 aromatic rings. The standard InChI is InChI=1S/C16H33N4O/c1-2-4-17-8-15-20(21,16-9-17)11-3-10-19-12-5-18(6-13-19)7-14-19/h2-16H2,1H3/q+1. The van der Waals surface area contributed by atoms with Crippen LogP contribution in [0.25, 0.3) is 0 Å². The zero-order chi connectivity index (χ0) is 14.8. The average molecular weight is 297 g/mol. The molecule has 5 heteroatoms. The van der Waals surface area contributed by atoms with E-state index in [2.05, 4.69) is 16.7 Å². The van der Waals surface area contributed by atoms with E-state index in [4.69, 9.17) is 0 Å². The van der Waals surface area contributed by atoms with Crippen LogP contribution in [0.5, 0.6) is 0 Å². The first kappa shape index (κ1) is 15.7. The third-order valence-electron chi connectivity index (χ3n) is 6.06. The number of piperazine rings is 4. The van der Waals surface area contributed by atoms with Crippen LogP contribution >= 0.6 is 0 Å². The van der Waals surface area contributed by atoms with Gasteiger partial charge in [-0.1, -0.05) is 6.92 Å². The van der Waals surface area contributed by atoms with Crippen molar-refractivity contribution in [2.75, 3.05) is 85.1 Å². The molecule has 4 aliphatic heterocycles. The van der Waals surface area contributed by atoms with Gasteiger partial charge in [-0.3, -0.25) is 9.80 Å². The maximum atomic E-state index is 12.8. The van der Waals surface area contributed by atoms with Crippen LogP contribution in [0.4, 0.5) is 0 Å². The molecule has 4 saturated heterocycles. The van der Waals surface area contributed by atoms with Gasteiger partial charge in [0.15, 0.2) is 0 Å². The molecule has 122 valence electrons. The fraction of sp³-hybridized carbons (Fsp3) is 1.00. The third-order valence-corrected chi connectivity index (χ3v) is 6.06. The minimum atomic E-state index is 0.0757. The number of hydrogen-bond donors (Lipinski definition) is 0. The van der Waals surface area contributed by atoms with Crippen LogP contribution in [-0.2, 0) is 0 Å². The highest BCUT2D eigenvalue weighted by atomic mass is 16.5. The third kappa shape index (κ3) is 3.77. The molecule has 4 aliphatic rings. The van der Waals surface area contributed by atoms with E-state index in [1.807, 2.05) is 0 Å². The highest BCUT2D eigenvalue weighted by molar-refractivity contribution is 4.71. The Morgan fingerprint density at radius 1 is 0.857 bits per heavy atom. The summed E-state index contributed by atoms with van der Waals surface area (Å²) < 4.78 is 1.38. The van der Waals surface area contributed by atoms with Gasteiger partial charge in [0.05, 0.1) is 45.8 Å². The molecule has 2 bridgehead atoms. The summed E-state index contributed by atoms with van der Waals surface area (Å²) in [4.78, 5) is 5.05. The molecule has 0 saturated carbocycles. The van der Waals surface area contributed by atoms with Crippen molar-refractivity contribution in [1.82, 2.24) is 9.80 Å². The number of fused-ring (bicyclic) bond motifs is 3. The molecule has 4 fully saturated rings. The lowest BCUT2D eigenvalue weighted by Crippen LogP contribution is -2.67. The molecule has 4 heterocycles. The van der Waals surface area contributed by atoms with Crippen LogP contribution in [0.2, 0.25) is 0 Å². The van der Waals surface area contributed by atoms with Crippen molar-refractivity contribution >= 4 is 0 Å². The van der Waals surface area contributed by atoms with Crippen LogP contribution in [0.15, 0.2) is 0 Å². The number of rotatable bonds is 6. The second-order valence-corrected chi connectivity index (χ2v) is 7.50. The van der Waals surface area contributed by atoms with Crippen LogP contribution in [-0.4, -0.2) is 104 Å². The fourth-order valence-electron chi connectivity index (χ4n) is 4.40. The Bertz CT molecular complexity index is 319. The van der Waals surface area contributed by atoms with Gasteiger partial charge in [0, 0.05) is 39.1 Å². The Morgan fingerprint density at radius 3 is 2.05 bits per heavy atom. The van der Waals surface area contributed by atoms with Gasteiger partial charge in [0.2, 0.25) is 0 Å². The van der Waals surface area contributed by atoms with Crippen molar-refractivity contribution in [2.24, 2.45) is 0 Å². The quantitative estimate of drug-likeness (QED) is 0.530. The fourth-order valence-corrected chi connectivity index (χ4v) is 4.40. The molecular weight excluding hydrogens is 264 g/mol. The van der Waals surface area contributed by atoms with Crippen molar-refractivity contribution in [3.63, 3.8) is 0 Å². The summed E-state index contributed by atoms with van der Waals surface area (Å²) in [5, 5.41) is 12.8. The largest absolute Gasteiger partial charge is 0.633 e. The Morgan fingerprint density at radius 2 is 1.48 bits per heavy atom. The zero-order valence-electron chi connectivity index (χ0n) is 13.8. The van der Waals surface area contributed by atoms with Crippen LogP contribution in [0, 0.1) is 5.21 Å². The van der Waals surface area contributed by atoms with Crippen LogP contribution in [0.1, 0.15) is 19.8 Å². The Hall–Kier alpha value is -0.200. The first-order chi connectivity index (χ1) is 10.1. The molecule has 0 unspecified atom stereocenters. The molecule has 0 N–H and O–H groups in total. The molecule has 21 heavy (non-hydrogen) atoms. The van der Waals surface area contributed by atoms with Gasteiger partial charge in [-0.25, -0.2) is 0 Å². The Labute approximate surface area is 129 Å². The Kier molecular flexibility index (Phi) is 4.86. The topological polar surface area (TPSA) is 29.5 Å². The molecule has 0 aromatic carbocycles. The predicted molar refractivity (Wildman–Crippen MR) is 85.7 cm³/mol. The van der Waals surface area contributed by atoms with E-state index >= 15 is 0 Å². The van der Waals surface area contributed by atoms with E-state index in [1.165, 1.54) is 56.7 Å². The maximum Gasteiger partial charge on any atom is 0.0916 e. The molecule has 0 aliphatic carbocycles. The summed E-state index contributed by atoms with van der Waals surface area (Å²) in [6, 6.07) is 0. The number of quaternary nitrogens is 2. The van der Waals surface area contributed by atoms with Crippen molar-refractivity contribution in [3.8, 4) is 0 Å².